The molecule has 9 heteroatoms. The molecule has 0 aliphatic carbocycles. The Hall–Kier alpha value is -2.13. The molecule has 1 fully saturated rings. The van der Waals surface area contributed by atoms with Crippen LogP contribution in [0.3, 0.4) is 0 Å². The molecule has 0 saturated carbocycles. The summed E-state index contributed by atoms with van der Waals surface area (Å²) in [6.07, 6.45) is 1.14. The Morgan fingerprint density at radius 3 is 2.36 bits per heavy atom. The normalized spacial score (nSPS) is 15.1. The maximum absolute atomic E-state index is 13.1. The van der Waals surface area contributed by atoms with Gasteiger partial charge in [0, 0.05) is 43.3 Å². The standard InChI is InChI=1S/C24H32ClN3O4S/c1-18(2)10-11-27-12-14-28(15-13-27)24(29)20-6-9-22(32-3)23(16-20)33(30,31)26-17-19-4-7-21(25)8-5-19/h4-9,16,18,26H,10-15,17H2,1-3H3. The maximum atomic E-state index is 13.1. The minimum atomic E-state index is -3.91. The zero-order chi connectivity index (χ0) is 24.0. The summed E-state index contributed by atoms with van der Waals surface area (Å²) in [7, 11) is -2.50. The molecule has 1 amide bonds. The van der Waals surface area contributed by atoms with Gasteiger partial charge in [0.25, 0.3) is 5.91 Å². The second kappa shape index (κ2) is 11.3. The number of amides is 1. The van der Waals surface area contributed by atoms with Gasteiger partial charge in [-0.2, -0.15) is 0 Å². The molecule has 2 aromatic carbocycles. The fraction of sp³-hybridized carbons (Fsp3) is 0.458. The van der Waals surface area contributed by atoms with Crippen molar-refractivity contribution in [2.45, 2.75) is 31.7 Å². The van der Waals surface area contributed by atoms with Gasteiger partial charge < -0.3 is 9.64 Å². The first-order valence-electron chi connectivity index (χ1n) is 11.1. The number of methoxy groups -OCH3 is 1. The number of nitrogens with zero attached hydrogens (tertiary/aromatic N) is 2. The van der Waals surface area contributed by atoms with Crippen molar-refractivity contribution in [1.29, 1.82) is 0 Å². The van der Waals surface area contributed by atoms with E-state index in [1.165, 1.54) is 19.2 Å². The van der Waals surface area contributed by atoms with Crippen LogP contribution in [0, 0.1) is 5.92 Å². The largest absolute Gasteiger partial charge is 0.495 e. The summed E-state index contributed by atoms with van der Waals surface area (Å²) < 4.78 is 33.9. The lowest BCUT2D eigenvalue weighted by Gasteiger charge is -2.35. The Morgan fingerprint density at radius 2 is 1.76 bits per heavy atom. The first kappa shape index (κ1) is 25.5. The molecular weight excluding hydrogens is 462 g/mol. The summed E-state index contributed by atoms with van der Waals surface area (Å²) in [5.74, 6) is 0.668. The van der Waals surface area contributed by atoms with Gasteiger partial charge in [0.15, 0.2) is 0 Å². The highest BCUT2D eigenvalue weighted by Gasteiger charge is 2.26. The average Bonchev–Trinajstić information content (AvgIpc) is 2.82. The number of benzene rings is 2. The lowest BCUT2D eigenvalue weighted by Crippen LogP contribution is -2.49. The fourth-order valence-electron chi connectivity index (χ4n) is 3.68. The summed E-state index contributed by atoms with van der Waals surface area (Å²) in [5, 5.41) is 0.579. The van der Waals surface area contributed by atoms with Crippen LogP contribution in [0.4, 0.5) is 0 Å². The van der Waals surface area contributed by atoms with Crippen LogP contribution in [0.1, 0.15) is 36.2 Å². The van der Waals surface area contributed by atoms with E-state index in [4.69, 9.17) is 16.3 Å². The Labute approximate surface area is 201 Å². The van der Waals surface area contributed by atoms with E-state index in [1.54, 1.807) is 35.2 Å². The van der Waals surface area contributed by atoms with Crippen LogP contribution >= 0.6 is 11.6 Å². The van der Waals surface area contributed by atoms with E-state index < -0.39 is 10.0 Å². The smallest absolute Gasteiger partial charge is 0.253 e. The monoisotopic (exact) mass is 493 g/mol. The van der Waals surface area contributed by atoms with Gasteiger partial charge in [-0.25, -0.2) is 13.1 Å². The zero-order valence-corrected chi connectivity index (χ0v) is 21.0. The molecule has 1 saturated heterocycles. The maximum Gasteiger partial charge on any atom is 0.253 e. The van der Waals surface area contributed by atoms with E-state index in [1.807, 2.05) is 0 Å². The third-order valence-electron chi connectivity index (χ3n) is 5.76. The quantitative estimate of drug-likeness (QED) is 0.577. The highest BCUT2D eigenvalue weighted by molar-refractivity contribution is 7.89. The highest BCUT2D eigenvalue weighted by Crippen LogP contribution is 2.26. The number of rotatable bonds is 9. The zero-order valence-electron chi connectivity index (χ0n) is 19.4. The number of halogens is 1. The van der Waals surface area contributed by atoms with Crippen molar-refractivity contribution >= 4 is 27.5 Å². The van der Waals surface area contributed by atoms with Crippen molar-refractivity contribution in [3.63, 3.8) is 0 Å². The molecule has 180 valence electrons. The van der Waals surface area contributed by atoms with Crippen molar-refractivity contribution in [3.05, 3.63) is 58.6 Å². The molecule has 1 aliphatic heterocycles. The predicted molar refractivity (Wildman–Crippen MR) is 130 cm³/mol. The molecule has 3 rings (SSSR count). The van der Waals surface area contributed by atoms with Gasteiger partial charge in [-0.1, -0.05) is 37.6 Å². The van der Waals surface area contributed by atoms with Gasteiger partial charge in [-0.15, -0.1) is 0 Å². The van der Waals surface area contributed by atoms with Gasteiger partial charge in [0.2, 0.25) is 10.0 Å². The number of hydrogen-bond acceptors (Lipinski definition) is 5. The summed E-state index contributed by atoms with van der Waals surface area (Å²) in [6, 6.07) is 11.5. The number of hydrogen-bond donors (Lipinski definition) is 1. The first-order chi connectivity index (χ1) is 15.7. The molecule has 0 atom stereocenters. The minimum Gasteiger partial charge on any atom is -0.495 e. The lowest BCUT2D eigenvalue weighted by molar-refractivity contribution is 0.0631. The van der Waals surface area contributed by atoms with Crippen molar-refractivity contribution in [1.82, 2.24) is 14.5 Å². The molecule has 2 aromatic rings. The molecule has 0 unspecified atom stereocenters. The molecule has 7 nitrogen and oxygen atoms in total. The lowest BCUT2D eigenvalue weighted by atomic mass is 10.1. The molecule has 0 spiro atoms. The van der Waals surface area contributed by atoms with Crippen LogP contribution in [-0.2, 0) is 16.6 Å². The Kier molecular flexibility index (Phi) is 8.75. The molecule has 1 heterocycles. The predicted octanol–water partition coefficient (Wildman–Crippen LogP) is 3.63. The average molecular weight is 494 g/mol. The van der Waals surface area contributed by atoms with E-state index in [0.29, 0.717) is 29.6 Å². The topological polar surface area (TPSA) is 79.0 Å². The van der Waals surface area contributed by atoms with Crippen LogP contribution in [0.25, 0.3) is 0 Å². The Balaban J connectivity index is 1.71. The van der Waals surface area contributed by atoms with Gasteiger partial charge in [-0.05, 0) is 54.8 Å². The van der Waals surface area contributed by atoms with E-state index in [0.717, 1.165) is 31.6 Å². The number of ether oxygens (including phenoxy) is 1. The van der Waals surface area contributed by atoms with Crippen molar-refractivity contribution in [3.8, 4) is 5.75 Å². The highest BCUT2D eigenvalue weighted by atomic mass is 35.5. The van der Waals surface area contributed by atoms with Crippen LogP contribution in [0.15, 0.2) is 47.4 Å². The molecule has 1 N–H and O–H groups in total. The Bertz CT molecular complexity index is 1050. The van der Waals surface area contributed by atoms with E-state index in [9.17, 15) is 13.2 Å². The number of sulfonamides is 1. The fourth-order valence-corrected chi connectivity index (χ4v) is 5.01. The molecule has 0 radical (unpaired) electrons. The Morgan fingerprint density at radius 1 is 1.09 bits per heavy atom. The number of nitrogens with one attached hydrogen (secondary N) is 1. The molecule has 33 heavy (non-hydrogen) atoms. The minimum absolute atomic E-state index is 0.0552. The van der Waals surface area contributed by atoms with Crippen molar-refractivity contribution in [2.24, 2.45) is 5.92 Å². The van der Waals surface area contributed by atoms with Gasteiger partial charge in [-0.3, -0.25) is 9.69 Å². The second-order valence-electron chi connectivity index (χ2n) is 8.63. The summed E-state index contributed by atoms with van der Waals surface area (Å²) in [5.41, 5.74) is 1.10. The molecule has 1 aliphatic rings. The second-order valence-corrected chi connectivity index (χ2v) is 10.8. The SMILES string of the molecule is COc1ccc(C(=O)N2CCN(CCC(C)C)CC2)cc1S(=O)(=O)NCc1ccc(Cl)cc1. The molecule has 0 bridgehead atoms. The summed E-state index contributed by atoms with van der Waals surface area (Å²) in [6.45, 7) is 8.44. The van der Waals surface area contributed by atoms with Crippen LogP contribution < -0.4 is 9.46 Å². The van der Waals surface area contributed by atoms with E-state index in [2.05, 4.69) is 23.5 Å². The van der Waals surface area contributed by atoms with E-state index >= 15 is 0 Å². The van der Waals surface area contributed by atoms with Gasteiger partial charge in [0.05, 0.1) is 7.11 Å². The van der Waals surface area contributed by atoms with Crippen LogP contribution in [0.2, 0.25) is 5.02 Å². The van der Waals surface area contributed by atoms with Crippen LogP contribution in [0.5, 0.6) is 5.75 Å². The number of piperazine rings is 1. The third-order valence-corrected chi connectivity index (χ3v) is 7.44. The van der Waals surface area contributed by atoms with Gasteiger partial charge >= 0.3 is 0 Å². The third kappa shape index (κ3) is 6.93. The number of carbonyl (C=O) groups excluding carboxylic acids is 1. The summed E-state index contributed by atoms with van der Waals surface area (Å²) >= 11 is 5.89. The summed E-state index contributed by atoms with van der Waals surface area (Å²) in [4.78, 5) is 17.2. The van der Waals surface area contributed by atoms with Crippen molar-refractivity contribution < 1.29 is 17.9 Å². The first-order valence-corrected chi connectivity index (χ1v) is 13.0. The molecular formula is C24H32ClN3O4S. The van der Waals surface area contributed by atoms with Crippen molar-refractivity contribution in [2.75, 3.05) is 39.8 Å². The van der Waals surface area contributed by atoms with Gasteiger partial charge in [0.1, 0.15) is 10.6 Å². The number of carbonyl (C=O) groups is 1. The molecule has 0 aromatic heterocycles. The van der Waals surface area contributed by atoms with E-state index in [-0.39, 0.29) is 23.1 Å². The van der Waals surface area contributed by atoms with Crippen LogP contribution in [-0.4, -0.2) is 64.0 Å².